The van der Waals surface area contributed by atoms with E-state index in [0.29, 0.717) is 19.4 Å². The van der Waals surface area contributed by atoms with Gasteiger partial charge >= 0.3 is 6.09 Å². The van der Waals surface area contributed by atoms with Crippen molar-refractivity contribution in [2.24, 2.45) is 9.36 Å². The SMILES string of the molecule is CC(C)(C)OC(=O)NC1=N[C@](CF)(c2nc(N)ccc2F)C[S@@]2(=O)=NCCC[C@@]12C. The van der Waals surface area contributed by atoms with Crippen LogP contribution in [0.2, 0.25) is 0 Å². The average Bonchev–Trinajstić information content (AvgIpc) is 2.63. The second kappa shape index (κ2) is 7.44. The second-order valence-electron chi connectivity index (χ2n) is 8.79. The lowest BCUT2D eigenvalue weighted by molar-refractivity contribution is 0.0560. The maximum absolute atomic E-state index is 14.7. The zero-order chi connectivity index (χ0) is 22.4. The normalized spacial score (nSPS) is 31.2. The van der Waals surface area contributed by atoms with Crippen LogP contribution in [-0.4, -0.2) is 50.4 Å². The number of amidine groups is 1. The van der Waals surface area contributed by atoms with Gasteiger partial charge in [-0.25, -0.2) is 27.1 Å². The first-order chi connectivity index (χ1) is 13.8. The minimum Gasteiger partial charge on any atom is -0.444 e. The number of ether oxygens (including phenoxy) is 1. The van der Waals surface area contributed by atoms with Gasteiger partial charge in [0.15, 0.2) is 0 Å². The minimum atomic E-state index is -3.13. The highest BCUT2D eigenvalue weighted by Crippen LogP contribution is 2.43. The number of aromatic nitrogens is 1. The Kier molecular flexibility index (Phi) is 5.55. The summed E-state index contributed by atoms with van der Waals surface area (Å²) in [5.74, 6) is -1.26. The maximum Gasteiger partial charge on any atom is 0.413 e. The molecular weight excluding hydrogens is 416 g/mol. The summed E-state index contributed by atoms with van der Waals surface area (Å²) in [6, 6.07) is 2.30. The number of amides is 1. The Morgan fingerprint density at radius 3 is 2.73 bits per heavy atom. The predicted molar refractivity (Wildman–Crippen MR) is 111 cm³/mol. The van der Waals surface area contributed by atoms with Crippen LogP contribution in [0.3, 0.4) is 0 Å². The Balaban J connectivity index is 2.20. The van der Waals surface area contributed by atoms with E-state index < -0.39 is 44.2 Å². The number of alkyl carbamates (subject to hydrolysis) is 1. The van der Waals surface area contributed by atoms with Gasteiger partial charge < -0.3 is 10.5 Å². The lowest BCUT2D eigenvalue weighted by Crippen LogP contribution is -2.61. The first-order valence-electron chi connectivity index (χ1n) is 9.63. The minimum absolute atomic E-state index is 0.0278. The van der Waals surface area contributed by atoms with Crippen LogP contribution in [0.25, 0.3) is 0 Å². The highest BCUT2D eigenvalue weighted by Gasteiger charge is 2.55. The molecule has 2 aliphatic heterocycles. The van der Waals surface area contributed by atoms with Crippen LogP contribution in [0.5, 0.6) is 0 Å². The number of halogens is 2. The number of rotatable bonds is 2. The van der Waals surface area contributed by atoms with Gasteiger partial charge in [0.1, 0.15) is 45.7 Å². The highest BCUT2D eigenvalue weighted by atomic mass is 32.2. The Bertz CT molecular complexity index is 1020. The molecule has 0 fully saturated rings. The number of hydrogen-bond acceptors (Lipinski definition) is 7. The summed E-state index contributed by atoms with van der Waals surface area (Å²) in [4.78, 5) is 20.8. The number of fused-ring (bicyclic) bond motifs is 1. The number of alkyl halides is 1. The fraction of sp³-hybridized carbons (Fsp3) is 0.632. The van der Waals surface area contributed by atoms with Gasteiger partial charge in [-0.1, -0.05) is 0 Å². The zero-order valence-corrected chi connectivity index (χ0v) is 18.3. The largest absolute Gasteiger partial charge is 0.444 e. The summed E-state index contributed by atoms with van der Waals surface area (Å²) < 4.78 is 51.6. The zero-order valence-electron chi connectivity index (χ0n) is 17.5. The van der Waals surface area contributed by atoms with E-state index in [4.69, 9.17) is 10.5 Å². The van der Waals surface area contributed by atoms with E-state index in [0.717, 1.165) is 6.07 Å². The summed E-state index contributed by atoms with van der Waals surface area (Å²) in [6.45, 7) is 5.86. The average molecular weight is 444 g/mol. The maximum atomic E-state index is 14.7. The van der Waals surface area contributed by atoms with Gasteiger partial charge in [-0.05, 0) is 52.7 Å². The van der Waals surface area contributed by atoms with Gasteiger partial charge in [0.2, 0.25) is 0 Å². The lowest BCUT2D eigenvalue weighted by Gasteiger charge is -2.45. The molecule has 1 aromatic rings. The van der Waals surface area contributed by atoms with Crippen LogP contribution >= 0.6 is 0 Å². The molecule has 8 nitrogen and oxygen atoms in total. The number of aliphatic imine (C=N–C) groups is 1. The van der Waals surface area contributed by atoms with Crippen LogP contribution in [0.1, 0.15) is 46.2 Å². The molecule has 0 bridgehead atoms. The lowest BCUT2D eigenvalue weighted by atomic mass is 9.95. The predicted octanol–water partition coefficient (Wildman–Crippen LogP) is 2.93. The van der Waals surface area contributed by atoms with Crippen molar-refractivity contribution in [1.82, 2.24) is 10.3 Å². The molecule has 0 saturated carbocycles. The molecule has 30 heavy (non-hydrogen) atoms. The number of anilines is 1. The molecule has 166 valence electrons. The second-order valence-corrected chi connectivity index (χ2v) is 11.5. The fourth-order valence-electron chi connectivity index (χ4n) is 3.69. The number of carbonyl (C=O) groups is 1. The van der Waals surface area contributed by atoms with Gasteiger partial charge in [0.25, 0.3) is 0 Å². The number of pyridine rings is 1. The number of carbonyl (C=O) groups excluding carboxylic acids is 1. The number of nitrogens with two attached hydrogens (primary N) is 1. The Morgan fingerprint density at radius 2 is 2.10 bits per heavy atom. The van der Waals surface area contributed by atoms with Crippen molar-refractivity contribution in [3.8, 4) is 0 Å². The monoisotopic (exact) mass is 443 g/mol. The molecule has 11 heteroatoms. The van der Waals surface area contributed by atoms with Crippen molar-refractivity contribution in [2.45, 2.75) is 56.4 Å². The van der Waals surface area contributed by atoms with E-state index in [1.165, 1.54) is 6.07 Å². The number of nitrogen functional groups attached to an aromatic ring is 1. The summed E-state index contributed by atoms with van der Waals surface area (Å²) in [5, 5.41) is 2.53. The summed E-state index contributed by atoms with van der Waals surface area (Å²) in [5.41, 5.74) is 2.60. The van der Waals surface area contributed by atoms with Crippen molar-refractivity contribution in [1.29, 1.82) is 0 Å². The van der Waals surface area contributed by atoms with Crippen LogP contribution in [0.15, 0.2) is 21.5 Å². The molecule has 3 rings (SSSR count). The van der Waals surface area contributed by atoms with E-state index in [-0.39, 0.29) is 23.1 Å². The molecule has 3 N–H and O–H groups in total. The smallest absolute Gasteiger partial charge is 0.413 e. The van der Waals surface area contributed by atoms with Gasteiger partial charge in [-0.15, -0.1) is 0 Å². The van der Waals surface area contributed by atoms with Crippen LogP contribution in [0, 0.1) is 5.82 Å². The van der Waals surface area contributed by atoms with Crippen molar-refractivity contribution >= 4 is 27.5 Å². The quantitative estimate of drug-likeness (QED) is 0.728. The standard InChI is InChI=1S/C19H27F2N5O3S/c1-17(2,3)29-16(27)25-15-18(4)8-5-9-23-30(18,28)11-19(10-20,26-15)14-12(21)6-7-13(22)24-14/h6-7H,5,8-11H2,1-4H3,(H2,22,24)(H,25,26,27)/t18-,19-,30-/m0/s1. The van der Waals surface area contributed by atoms with Gasteiger partial charge in [0.05, 0.1) is 15.5 Å². The molecule has 2 aliphatic rings. The third-order valence-corrected chi connectivity index (χ3v) is 8.50. The number of hydrogen-bond donors (Lipinski definition) is 2. The molecule has 1 amide bonds. The van der Waals surface area contributed by atoms with Gasteiger partial charge in [0, 0.05) is 6.54 Å². The van der Waals surface area contributed by atoms with Crippen LogP contribution in [-0.2, 0) is 20.0 Å². The van der Waals surface area contributed by atoms with Crippen LogP contribution in [0.4, 0.5) is 19.4 Å². The van der Waals surface area contributed by atoms with E-state index in [1.807, 2.05) is 0 Å². The van der Waals surface area contributed by atoms with Gasteiger partial charge in [-0.3, -0.25) is 10.3 Å². The van der Waals surface area contributed by atoms with E-state index in [9.17, 15) is 17.8 Å². The van der Waals surface area contributed by atoms with E-state index in [2.05, 4.69) is 19.7 Å². The first-order valence-corrected chi connectivity index (χ1v) is 11.3. The number of nitrogens with zero attached hydrogens (tertiary/aromatic N) is 3. The van der Waals surface area contributed by atoms with Crippen molar-refractivity contribution in [2.75, 3.05) is 24.7 Å². The van der Waals surface area contributed by atoms with Gasteiger partial charge in [-0.2, -0.15) is 0 Å². The Hall–Kier alpha value is -2.30. The van der Waals surface area contributed by atoms with Crippen molar-refractivity contribution < 1.29 is 22.5 Å². The molecular formula is C19H27F2N5O3S. The molecule has 0 saturated heterocycles. The van der Waals surface area contributed by atoms with Crippen molar-refractivity contribution in [3.63, 3.8) is 0 Å². The topological polar surface area (TPSA) is 119 Å². The molecule has 0 spiro atoms. The van der Waals surface area contributed by atoms with E-state index >= 15 is 0 Å². The molecule has 3 atom stereocenters. The molecule has 3 heterocycles. The van der Waals surface area contributed by atoms with Crippen molar-refractivity contribution in [3.05, 3.63) is 23.6 Å². The molecule has 0 radical (unpaired) electrons. The Labute approximate surface area is 174 Å². The first kappa shape index (κ1) is 22.4. The molecule has 0 aliphatic carbocycles. The van der Waals surface area contributed by atoms with Crippen LogP contribution < -0.4 is 11.1 Å². The highest BCUT2D eigenvalue weighted by molar-refractivity contribution is 7.95. The molecule has 1 aromatic heterocycles. The summed E-state index contributed by atoms with van der Waals surface area (Å²) in [6.07, 6.45) is 0.209. The summed E-state index contributed by atoms with van der Waals surface area (Å²) >= 11 is 0. The Morgan fingerprint density at radius 1 is 1.40 bits per heavy atom. The fourth-order valence-corrected chi connectivity index (χ4v) is 6.60. The number of nitrogens with one attached hydrogen (secondary N) is 1. The van der Waals surface area contributed by atoms with E-state index in [1.54, 1.807) is 27.7 Å². The third kappa shape index (κ3) is 3.86. The summed E-state index contributed by atoms with van der Waals surface area (Å²) in [7, 11) is -3.13. The molecule has 0 aromatic carbocycles. The molecule has 0 unspecified atom stereocenters. The third-order valence-electron chi connectivity index (χ3n) is 5.23.